The largest absolute Gasteiger partial charge is 0.383 e. The predicted octanol–water partition coefficient (Wildman–Crippen LogP) is 1.75. The summed E-state index contributed by atoms with van der Waals surface area (Å²) in [6.07, 6.45) is 2.95. The molecular formula is C10H21NOS. The van der Waals surface area contributed by atoms with E-state index in [0.717, 1.165) is 19.1 Å². The summed E-state index contributed by atoms with van der Waals surface area (Å²) in [5.74, 6) is 3.67. The molecule has 0 aliphatic heterocycles. The monoisotopic (exact) mass is 203 g/mol. The Morgan fingerprint density at radius 1 is 1.54 bits per heavy atom. The number of hydrogen-bond donors (Lipinski definition) is 1. The Labute approximate surface area is 85.8 Å². The van der Waals surface area contributed by atoms with E-state index >= 15 is 0 Å². The second-order valence-corrected chi connectivity index (χ2v) is 4.98. The third kappa shape index (κ3) is 6.36. The van der Waals surface area contributed by atoms with Gasteiger partial charge in [-0.05, 0) is 31.4 Å². The maximum Gasteiger partial charge on any atom is 0.0613 e. The van der Waals surface area contributed by atoms with Crippen molar-refractivity contribution in [3.63, 3.8) is 0 Å². The summed E-state index contributed by atoms with van der Waals surface area (Å²) < 4.78 is 5.04. The standard InChI is InChI=1S/C10H21NOS/c1-9(7-12-2)11-5-6-13-8-10-3-4-10/h9-11H,3-8H2,1-2H3. The average Bonchev–Trinajstić information content (AvgIpc) is 2.88. The van der Waals surface area contributed by atoms with Crippen molar-refractivity contribution in [2.24, 2.45) is 5.92 Å². The maximum atomic E-state index is 5.04. The highest BCUT2D eigenvalue weighted by Gasteiger charge is 2.20. The van der Waals surface area contributed by atoms with E-state index in [-0.39, 0.29) is 0 Å². The highest BCUT2D eigenvalue weighted by molar-refractivity contribution is 7.99. The second kappa shape index (κ2) is 6.68. The van der Waals surface area contributed by atoms with Gasteiger partial charge in [0.2, 0.25) is 0 Å². The summed E-state index contributed by atoms with van der Waals surface area (Å²) in [6.45, 7) is 4.09. The molecule has 13 heavy (non-hydrogen) atoms. The lowest BCUT2D eigenvalue weighted by Crippen LogP contribution is -2.31. The molecule has 78 valence electrons. The first-order chi connectivity index (χ1) is 6.33. The van der Waals surface area contributed by atoms with Crippen molar-refractivity contribution in [3.8, 4) is 0 Å². The third-order valence-electron chi connectivity index (χ3n) is 2.21. The quantitative estimate of drug-likeness (QED) is 0.607. The molecule has 3 heteroatoms. The number of ether oxygens (including phenoxy) is 1. The van der Waals surface area contributed by atoms with Crippen LogP contribution in [-0.2, 0) is 4.74 Å². The number of methoxy groups -OCH3 is 1. The van der Waals surface area contributed by atoms with E-state index in [1.54, 1.807) is 7.11 Å². The van der Waals surface area contributed by atoms with Gasteiger partial charge >= 0.3 is 0 Å². The van der Waals surface area contributed by atoms with Crippen LogP contribution < -0.4 is 5.32 Å². The van der Waals surface area contributed by atoms with E-state index in [2.05, 4.69) is 24.0 Å². The lowest BCUT2D eigenvalue weighted by molar-refractivity contribution is 0.173. The van der Waals surface area contributed by atoms with Gasteiger partial charge in [0.05, 0.1) is 6.61 Å². The predicted molar refractivity (Wildman–Crippen MR) is 59.4 cm³/mol. The fourth-order valence-electron chi connectivity index (χ4n) is 1.22. The molecule has 0 saturated heterocycles. The van der Waals surface area contributed by atoms with Gasteiger partial charge in [-0.1, -0.05) is 0 Å². The molecule has 0 amide bonds. The molecule has 1 N–H and O–H groups in total. The van der Waals surface area contributed by atoms with E-state index in [4.69, 9.17) is 4.74 Å². The van der Waals surface area contributed by atoms with Gasteiger partial charge < -0.3 is 10.1 Å². The van der Waals surface area contributed by atoms with Crippen LogP contribution in [0, 0.1) is 5.92 Å². The zero-order valence-corrected chi connectivity index (χ0v) is 9.53. The first kappa shape index (κ1) is 11.3. The van der Waals surface area contributed by atoms with Crippen molar-refractivity contribution in [2.45, 2.75) is 25.8 Å². The van der Waals surface area contributed by atoms with Gasteiger partial charge in [0.15, 0.2) is 0 Å². The van der Waals surface area contributed by atoms with Crippen molar-refractivity contribution in [1.82, 2.24) is 5.32 Å². The van der Waals surface area contributed by atoms with Gasteiger partial charge in [0.25, 0.3) is 0 Å². The number of rotatable bonds is 8. The summed E-state index contributed by atoms with van der Waals surface area (Å²) in [5, 5.41) is 3.43. The van der Waals surface area contributed by atoms with E-state index in [0.29, 0.717) is 6.04 Å². The SMILES string of the molecule is COCC(C)NCCSCC1CC1. The Morgan fingerprint density at radius 3 is 2.92 bits per heavy atom. The molecule has 0 bridgehead atoms. The molecule has 0 heterocycles. The molecule has 1 aliphatic rings. The minimum Gasteiger partial charge on any atom is -0.383 e. The molecular weight excluding hydrogens is 182 g/mol. The molecule has 1 fully saturated rings. The van der Waals surface area contributed by atoms with Crippen molar-refractivity contribution in [3.05, 3.63) is 0 Å². The Morgan fingerprint density at radius 2 is 2.31 bits per heavy atom. The molecule has 0 radical (unpaired) electrons. The van der Waals surface area contributed by atoms with Gasteiger partial charge in [0, 0.05) is 25.4 Å². The van der Waals surface area contributed by atoms with Gasteiger partial charge in [-0.15, -0.1) is 0 Å². The molecule has 0 aromatic heterocycles. The molecule has 1 saturated carbocycles. The average molecular weight is 203 g/mol. The van der Waals surface area contributed by atoms with Crippen LogP contribution in [0.2, 0.25) is 0 Å². The minimum absolute atomic E-state index is 0.492. The molecule has 1 atom stereocenters. The summed E-state index contributed by atoms with van der Waals surface area (Å²) in [4.78, 5) is 0. The van der Waals surface area contributed by atoms with Gasteiger partial charge in [-0.2, -0.15) is 11.8 Å². The smallest absolute Gasteiger partial charge is 0.0613 e. The zero-order valence-electron chi connectivity index (χ0n) is 8.71. The van der Waals surface area contributed by atoms with E-state index in [1.807, 2.05) is 0 Å². The van der Waals surface area contributed by atoms with Crippen LogP contribution in [0.3, 0.4) is 0 Å². The fraction of sp³-hybridized carbons (Fsp3) is 1.00. The lowest BCUT2D eigenvalue weighted by atomic mass is 10.4. The van der Waals surface area contributed by atoms with Crippen LogP contribution in [0.4, 0.5) is 0 Å². The molecule has 1 rings (SSSR count). The normalized spacial score (nSPS) is 18.9. The molecule has 0 aromatic rings. The molecule has 1 aliphatic carbocycles. The minimum atomic E-state index is 0.492. The van der Waals surface area contributed by atoms with Crippen molar-refractivity contribution >= 4 is 11.8 Å². The van der Waals surface area contributed by atoms with E-state index in [1.165, 1.54) is 24.3 Å². The molecule has 1 unspecified atom stereocenters. The number of nitrogens with one attached hydrogen (secondary N) is 1. The maximum absolute atomic E-state index is 5.04. The topological polar surface area (TPSA) is 21.3 Å². The Hall–Kier alpha value is 0.270. The van der Waals surface area contributed by atoms with Crippen molar-refractivity contribution in [2.75, 3.05) is 31.8 Å². The second-order valence-electron chi connectivity index (χ2n) is 3.83. The highest BCUT2D eigenvalue weighted by atomic mass is 32.2. The van der Waals surface area contributed by atoms with Crippen LogP contribution in [0.5, 0.6) is 0 Å². The summed E-state index contributed by atoms with van der Waals surface area (Å²) in [6, 6.07) is 0.492. The molecule has 0 spiro atoms. The summed E-state index contributed by atoms with van der Waals surface area (Å²) in [5.41, 5.74) is 0. The summed E-state index contributed by atoms with van der Waals surface area (Å²) >= 11 is 2.08. The first-order valence-corrected chi connectivity index (χ1v) is 6.28. The van der Waals surface area contributed by atoms with Crippen LogP contribution in [0.15, 0.2) is 0 Å². The zero-order chi connectivity index (χ0) is 9.52. The van der Waals surface area contributed by atoms with Crippen LogP contribution in [-0.4, -0.2) is 37.8 Å². The van der Waals surface area contributed by atoms with Gasteiger partial charge in [-0.25, -0.2) is 0 Å². The summed E-state index contributed by atoms with van der Waals surface area (Å²) in [7, 11) is 1.75. The van der Waals surface area contributed by atoms with Crippen LogP contribution >= 0.6 is 11.8 Å². The van der Waals surface area contributed by atoms with E-state index < -0.39 is 0 Å². The fourth-order valence-corrected chi connectivity index (χ4v) is 2.32. The highest BCUT2D eigenvalue weighted by Crippen LogP contribution is 2.32. The van der Waals surface area contributed by atoms with Crippen molar-refractivity contribution < 1.29 is 4.74 Å². The first-order valence-electron chi connectivity index (χ1n) is 5.13. The number of thioether (sulfide) groups is 1. The van der Waals surface area contributed by atoms with Gasteiger partial charge in [-0.3, -0.25) is 0 Å². The van der Waals surface area contributed by atoms with Crippen LogP contribution in [0.25, 0.3) is 0 Å². The third-order valence-corrected chi connectivity index (χ3v) is 3.41. The molecule has 0 aromatic carbocycles. The number of hydrogen-bond acceptors (Lipinski definition) is 3. The molecule has 2 nitrogen and oxygen atoms in total. The Kier molecular flexibility index (Phi) is 5.83. The lowest BCUT2D eigenvalue weighted by Gasteiger charge is -2.11. The van der Waals surface area contributed by atoms with Gasteiger partial charge in [0.1, 0.15) is 0 Å². The van der Waals surface area contributed by atoms with Crippen LogP contribution in [0.1, 0.15) is 19.8 Å². The van der Waals surface area contributed by atoms with E-state index in [9.17, 15) is 0 Å². The Balaban J connectivity index is 1.76. The van der Waals surface area contributed by atoms with Crippen molar-refractivity contribution in [1.29, 1.82) is 0 Å². The Bertz CT molecular complexity index is 128.